The molecule has 1 unspecified atom stereocenters. The van der Waals surface area contributed by atoms with Gasteiger partial charge in [-0.3, -0.25) is 4.99 Å². The second-order valence-electron chi connectivity index (χ2n) is 3.60. The molecule has 5 nitrogen and oxygen atoms in total. The van der Waals surface area contributed by atoms with Crippen LogP contribution in [0, 0.1) is 0 Å². The minimum atomic E-state index is -0.169. The van der Waals surface area contributed by atoms with Crippen LogP contribution in [0.1, 0.15) is 12.8 Å². The first-order valence-electron chi connectivity index (χ1n) is 4.65. The molecular weight excluding hydrogens is 178 g/mol. The predicted molar refractivity (Wildman–Crippen MR) is 57.7 cm³/mol. The molecule has 2 rings (SSSR count). The van der Waals surface area contributed by atoms with Crippen molar-refractivity contribution in [3.05, 3.63) is 0 Å². The maximum atomic E-state index is 5.83. The molecule has 0 saturated heterocycles. The second kappa shape index (κ2) is 3.32. The maximum absolute atomic E-state index is 5.83. The molecule has 0 bridgehead atoms. The lowest BCUT2D eigenvalue weighted by molar-refractivity contribution is -0.509. The first-order chi connectivity index (χ1) is 6.72. The van der Waals surface area contributed by atoms with Crippen molar-refractivity contribution in [1.82, 2.24) is 0 Å². The second-order valence-corrected chi connectivity index (χ2v) is 3.60. The summed E-state index contributed by atoms with van der Waals surface area (Å²) in [6.07, 6.45) is 3.81. The molecule has 1 aliphatic carbocycles. The van der Waals surface area contributed by atoms with Crippen molar-refractivity contribution in [2.75, 3.05) is 7.05 Å². The van der Waals surface area contributed by atoms with E-state index in [-0.39, 0.29) is 6.17 Å². The van der Waals surface area contributed by atoms with Crippen molar-refractivity contribution in [3.8, 4) is 0 Å². The third kappa shape index (κ3) is 1.57. The van der Waals surface area contributed by atoms with Gasteiger partial charge in [0.25, 0.3) is 18.2 Å². The van der Waals surface area contributed by atoms with E-state index in [1.54, 1.807) is 6.34 Å². The van der Waals surface area contributed by atoms with Crippen LogP contribution in [0.5, 0.6) is 0 Å². The summed E-state index contributed by atoms with van der Waals surface area (Å²) in [4.78, 5) is 12.5. The molecule has 1 fully saturated rings. The molecule has 0 amide bonds. The van der Waals surface area contributed by atoms with E-state index in [9.17, 15) is 0 Å². The van der Waals surface area contributed by atoms with Crippen LogP contribution in [0.3, 0.4) is 0 Å². The van der Waals surface area contributed by atoms with Gasteiger partial charge in [-0.2, -0.15) is 0 Å². The molecule has 0 spiro atoms. The molecule has 1 atom stereocenters. The number of nitrogens with zero attached hydrogens (tertiary/aromatic N) is 4. The Morgan fingerprint density at radius 1 is 1.71 bits per heavy atom. The first-order valence-corrected chi connectivity index (χ1v) is 4.65. The largest absolute Gasteiger partial charge is 0.380 e. The molecule has 2 aliphatic rings. The van der Waals surface area contributed by atoms with Crippen molar-refractivity contribution >= 4 is 24.6 Å². The monoisotopic (exact) mass is 192 g/mol. The van der Waals surface area contributed by atoms with Gasteiger partial charge in [-0.1, -0.05) is 0 Å². The van der Waals surface area contributed by atoms with Crippen LogP contribution in [0.15, 0.2) is 15.0 Å². The van der Waals surface area contributed by atoms with E-state index in [1.165, 1.54) is 0 Å². The van der Waals surface area contributed by atoms with Gasteiger partial charge in [-0.25, -0.2) is 9.57 Å². The minimum Gasteiger partial charge on any atom is -0.380 e. The number of nitrogens with two attached hydrogens (primary N) is 1. The van der Waals surface area contributed by atoms with Crippen LogP contribution in [-0.2, 0) is 0 Å². The summed E-state index contributed by atoms with van der Waals surface area (Å²) in [5, 5.41) is 0. The van der Waals surface area contributed by atoms with Gasteiger partial charge >= 0.3 is 0 Å². The molecule has 5 heteroatoms. The highest BCUT2D eigenvalue weighted by Crippen LogP contribution is 2.23. The summed E-state index contributed by atoms with van der Waals surface area (Å²) < 4.78 is 1.86. The molecule has 1 heterocycles. The van der Waals surface area contributed by atoms with Gasteiger partial charge in [0.1, 0.15) is 0 Å². The topological polar surface area (TPSA) is 66.1 Å². The Kier molecular flexibility index (Phi) is 2.15. The summed E-state index contributed by atoms with van der Waals surface area (Å²) in [5.41, 5.74) is 6.55. The van der Waals surface area contributed by atoms with Crippen LogP contribution in [0.4, 0.5) is 0 Å². The quantitative estimate of drug-likeness (QED) is 0.371. The fourth-order valence-corrected chi connectivity index (χ4v) is 1.36. The summed E-state index contributed by atoms with van der Waals surface area (Å²) in [6, 6.07) is 0.411. The normalized spacial score (nSPS) is 27.2. The van der Waals surface area contributed by atoms with Gasteiger partial charge < -0.3 is 5.73 Å². The van der Waals surface area contributed by atoms with Crippen LogP contribution in [0.25, 0.3) is 0 Å². The molecule has 1 saturated carbocycles. The molecular formula is C9H14N5+. The molecule has 1 aliphatic heterocycles. The highest BCUT2D eigenvalue weighted by Gasteiger charge is 2.33. The number of amidine groups is 1. The average molecular weight is 192 g/mol. The SMILES string of the molecule is C=NC1C(C(N)=NC2CC2)=NC=[N+]1C. The fraction of sp³-hybridized carbons (Fsp3) is 0.556. The van der Waals surface area contributed by atoms with Gasteiger partial charge in [0.05, 0.1) is 13.1 Å². The van der Waals surface area contributed by atoms with E-state index >= 15 is 0 Å². The Hall–Kier alpha value is -1.52. The van der Waals surface area contributed by atoms with E-state index in [4.69, 9.17) is 5.73 Å². The summed E-state index contributed by atoms with van der Waals surface area (Å²) in [6.45, 7) is 3.52. The molecule has 2 N–H and O–H groups in total. The zero-order chi connectivity index (χ0) is 10.1. The van der Waals surface area contributed by atoms with Crippen LogP contribution < -0.4 is 5.73 Å². The standard InChI is InChI=1S/C9H14N5/c1-11-9-7(12-5-14(9)2)8(10)13-6-3-4-6/h5-6,9H,1,3-4H2,2H3,(H2,10,13)/q+1. The van der Waals surface area contributed by atoms with Crippen molar-refractivity contribution < 1.29 is 4.58 Å². The van der Waals surface area contributed by atoms with Gasteiger partial charge in [-0.15, -0.1) is 0 Å². The highest BCUT2D eigenvalue weighted by atomic mass is 15.2. The Morgan fingerprint density at radius 2 is 2.43 bits per heavy atom. The predicted octanol–water partition coefficient (Wildman–Crippen LogP) is -0.342. The summed E-state index contributed by atoms with van der Waals surface area (Å²) in [7, 11) is 1.89. The maximum Gasteiger partial charge on any atom is 0.284 e. The zero-order valence-corrected chi connectivity index (χ0v) is 8.22. The highest BCUT2D eigenvalue weighted by molar-refractivity contribution is 6.44. The Labute approximate surface area is 82.8 Å². The lowest BCUT2D eigenvalue weighted by Crippen LogP contribution is -2.36. The third-order valence-electron chi connectivity index (χ3n) is 2.31. The van der Waals surface area contributed by atoms with Crippen LogP contribution in [0.2, 0.25) is 0 Å². The number of rotatable bonds is 3. The van der Waals surface area contributed by atoms with Gasteiger partial charge in [0.2, 0.25) is 0 Å². The van der Waals surface area contributed by atoms with Gasteiger partial charge in [0.15, 0.2) is 5.84 Å². The lowest BCUT2D eigenvalue weighted by atomic mass is 10.3. The lowest BCUT2D eigenvalue weighted by Gasteiger charge is -2.04. The molecule has 0 aromatic carbocycles. The van der Waals surface area contributed by atoms with Crippen molar-refractivity contribution in [1.29, 1.82) is 0 Å². The van der Waals surface area contributed by atoms with Crippen molar-refractivity contribution in [2.45, 2.75) is 25.0 Å². The third-order valence-corrected chi connectivity index (χ3v) is 2.31. The molecule has 0 radical (unpaired) electrons. The number of hydrogen-bond acceptors (Lipinski definition) is 3. The smallest absolute Gasteiger partial charge is 0.284 e. The van der Waals surface area contributed by atoms with Crippen LogP contribution >= 0.6 is 0 Å². The Bertz CT molecular complexity index is 348. The van der Waals surface area contributed by atoms with E-state index in [0.29, 0.717) is 11.9 Å². The zero-order valence-electron chi connectivity index (χ0n) is 8.22. The van der Waals surface area contributed by atoms with E-state index in [2.05, 4.69) is 21.7 Å². The summed E-state index contributed by atoms with van der Waals surface area (Å²) in [5.74, 6) is 0.505. The molecule has 14 heavy (non-hydrogen) atoms. The molecule has 0 aromatic rings. The molecule has 0 aromatic heterocycles. The van der Waals surface area contributed by atoms with Crippen LogP contribution in [-0.4, -0.2) is 48.4 Å². The number of aliphatic imine (C=N–C) groups is 3. The number of hydrogen-bond donors (Lipinski definition) is 1. The van der Waals surface area contributed by atoms with E-state index in [1.807, 2.05) is 11.6 Å². The Morgan fingerprint density at radius 3 is 3.00 bits per heavy atom. The summed E-state index contributed by atoms with van der Waals surface area (Å²) >= 11 is 0. The fourth-order valence-electron chi connectivity index (χ4n) is 1.36. The minimum absolute atomic E-state index is 0.169. The first kappa shape index (κ1) is 9.05. The average Bonchev–Trinajstić information content (AvgIpc) is 2.88. The van der Waals surface area contributed by atoms with Gasteiger partial charge in [-0.05, 0) is 24.6 Å². The Balaban J connectivity index is 2.15. The van der Waals surface area contributed by atoms with E-state index in [0.717, 1.165) is 18.6 Å². The van der Waals surface area contributed by atoms with E-state index < -0.39 is 0 Å². The molecule has 74 valence electrons. The van der Waals surface area contributed by atoms with Crippen molar-refractivity contribution in [3.63, 3.8) is 0 Å². The van der Waals surface area contributed by atoms with Crippen molar-refractivity contribution in [2.24, 2.45) is 20.7 Å². The van der Waals surface area contributed by atoms with Gasteiger partial charge in [0, 0.05) is 0 Å².